The van der Waals surface area contributed by atoms with E-state index >= 15 is 0 Å². The third-order valence-corrected chi connectivity index (χ3v) is 10.9. The van der Waals surface area contributed by atoms with Gasteiger partial charge >= 0.3 is 0 Å². The fraction of sp³-hybridized carbons (Fsp3) is 0.750. The third kappa shape index (κ3) is 17.3. The first-order valence-corrected chi connectivity index (χ1v) is 22.0. The van der Waals surface area contributed by atoms with Gasteiger partial charge in [0.25, 0.3) is 0 Å². The van der Waals surface area contributed by atoms with E-state index < -0.39 is 124 Å². The van der Waals surface area contributed by atoms with Gasteiger partial charge in [-0.2, -0.15) is 0 Å². The number of allylic oxidation sites excluding steroid dienone is 9. The smallest absolute Gasteiger partial charge is 0.224 e. The number of carbonyl (C=O) groups excluding carboxylic acids is 1. The average molecular weight is 904 g/mol. The highest BCUT2D eigenvalue weighted by molar-refractivity contribution is 5.77. The van der Waals surface area contributed by atoms with Gasteiger partial charge in [-0.25, -0.2) is 0 Å². The van der Waals surface area contributed by atoms with Gasteiger partial charge in [-0.15, -0.1) is 0 Å². The van der Waals surface area contributed by atoms with E-state index in [1.807, 2.05) is 25.2 Å². The van der Waals surface area contributed by atoms with Gasteiger partial charge in [0, 0.05) is 6.42 Å². The molecule has 3 rings (SSSR count). The van der Waals surface area contributed by atoms with Crippen molar-refractivity contribution in [3.05, 3.63) is 60.8 Å². The lowest BCUT2D eigenvalue weighted by Gasteiger charge is -2.48. The van der Waals surface area contributed by atoms with Crippen LogP contribution in [-0.2, 0) is 33.2 Å². The van der Waals surface area contributed by atoms with E-state index in [4.69, 9.17) is 28.4 Å². The maximum Gasteiger partial charge on any atom is 0.224 e. The van der Waals surface area contributed by atoms with Crippen LogP contribution >= 0.6 is 0 Å². The Hall–Kier alpha value is -2.51. The van der Waals surface area contributed by atoms with Gasteiger partial charge in [0.1, 0.15) is 73.2 Å². The van der Waals surface area contributed by atoms with E-state index in [0.29, 0.717) is 19.3 Å². The largest absolute Gasteiger partial charge is 0.394 e. The summed E-state index contributed by atoms with van der Waals surface area (Å²) in [7, 11) is 0. The van der Waals surface area contributed by atoms with Gasteiger partial charge in [0.05, 0.1) is 38.6 Å². The Kier molecular flexibility index (Phi) is 26.0. The van der Waals surface area contributed by atoms with Crippen molar-refractivity contribution >= 4 is 5.91 Å². The number of ether oxygens (including phenoxy) is 6. The van der Waals surface area contributed by atoms with Gasteiger partial charge in [-0.1, -0.05) is 93.9 Å². The number of nitrogens with one attached hydrogen (secondary N) is 1. The standard InChI is InChI=1S/C44H73NO18/c1-3-5-7-8-9-10-11-12-13-14-15-16-17-18-20-22-32(50)45-27(28(49)21-19-6-4-2)26-58-42-38(56)35(53)40(30(24-47)60-42)63-44-39(57)36(54)41(31(25-48)61-44)62-43-37(55)34(52)33(51)29(23-46)59-43/h5,7,9-10,12-13,15-16,18,20,27-31,33-44,46-49,51-57H,3-4,6,8,11,14,17,19,21-26H2,1-2H3,(H,45,50)/b7-5-,10-9-,13-12-,16-15-,20-18-. The molecule has 0 aliphatic carbocycles. The lowest BCUT2D eigenvalue weighted by Crippen LogP contribution is -2.66. The molecule has 0 aromatic heterocycles. The highest BCUT2D eigenvalue weighted by Crippen LogP contribution is 2.33. The zero-order valence-corrected chi connectivity index (χ0v) is 36.3. The second-order valence-electron chi connectivity index (χ2n) is 15.8. The van der Waals surface area contributed by atoms with Crippen LogP contribution in [0.25, 0.3) is 0 Å². The Labute approximate surface area is 369 Å². The average Bonchev–Trinajstić information content (AvgIpc) is 3.28. The Bertz CT molecular complexity index is 1410. The first-order chi connectivity index (χ1) is 30.3. The van der Waals surface area contributed by atoms with Gasteiger partial charge in [-0.05, 0) is 38.5 Å². The number of rotatable bonds is 27. The number of hydrogen-bond donors (Lipinski definition) is 12. The number of carbonyl (C=O) groups is 1. The zero-order chi connectivity index (χ0) is 46.3. The van der Waals surface area contributed by atoms with E-state index in [9.17, 15) is 61.0 Å². The predicted octanol–water partition coefficient (Wildman–Crippen LogP) is -0.981. The molecule has 0 spiro atoms. The highest BCUT2D eigenvalue weighted by atomic mass is 16.8. The summed E-state index contributed by atoms with van der Waals surface area (Å²) >= 11 is 0. The van der Waals surface area contributed by atoms with Crippen LogP contribution in [-0.4, -0.2) is 193 Å². The van der Waals surface area contributed by atoms with Crippen LogP contribution in [0.2, 0.25) is 0 Å². The van der Waals surface area contributed by atoms with Crippen LogP contribution in [0.1, 0.15) is 78.1 Å². The fourth-order valence-corrected chi connectivity index (χ4v) is 7.14. The van der Waals surface area contributed by atoms with Crippen LogP contribution < -0.4 is 5.32 Å². The molecular weight excluding hydrogens is 830 g/mol. The maximum atomic E-state index is 12.9. The van der Waals surface area contributed by atoms with Crippen LogP contribution in [0.15, 0.2) is 60.8 Å². The Morgan fingerprint density at radius 3 is 1.51 bits per heavy atom. The van der Waals surface area contributed by atoms with Crippen LogP contribution in [0.4, 0.5) is 0 Å². The van der Waals surface area contributed by atoms with Crippen molar-refractivity contribution in [2.45, 2.75) is 182 Å². The van der Waals surface area contributed by atoms with E-state index in [2.05, 4.69) is 48.7 Å². The number of hydrogen-bond acceptors (Lipinski definition) is 18. The van der Waals surface area contributed by atoms with Crippen LogP contribution in [0.3, 0.4) is 0 Å². The van der Waals surface area contributed by atoms with E-state index in [1.54, 1.807) is 6.08 Å². The van der Waals surface area contributed by atoms with Crippen molar-refractivity contribution in [1.82, 2.24) is 5.32 Å². The van der Waals surface area contributed by atoms with Gasteiger partial charge < -0.3 is 89.9 Å². The summed E-state index contributed by atoms with van der Waals surface area (Å²) in [5, 5.41) is 118. The minimum absolute atomic E-state index is 0.0279. The molecule has 0 radical (unpaired) electrons. The first-order valence-electron chi connectivity index (χ1n) is 22.0. The van der Waals surface area contributed by atoms with Crippen LogP contribution in [0, 0.1) is 0 Å². The summed E-state index contributed by atoms with van der Waals surface area (Å²) < 4.78 is 33.8. The van der Waals surface area contributed by atoms with Crippen molar-refractivity contribution in [2.75, 3.05) is 26.4 Å². The molecule has 3 aliphatic heterocycles. The molecule has 19 nitrogen and oxygen atoms in total. The van der Waals surface area contributed by atoms with Gasteiger partial charge in [0.15, 0.2) is 18.9 Å². The minimum Gasteiger partial charge on any atom is -0.394 e. The molecule has 0 aromatic rings. The topological polar surface area (TPSA) is 307 Å². The predicted molar refractivity (Wildman–Crippen MR) is 226 cm³/mol. The molecule has 3 saturated heterocycles. The van der Waals surface area contributed by atoms with Crippen LogP contribution in [0.5, 0.6) is 0 Å². The zero-order valence-electron chi connectivity index (χ0n) is 36.3. The Balaban J connectivity index is 1.55. The molecule has 3 heterocycles. The molecule has 12 N–H and O–H groups in total. The summed E-state index contributed by atoms with van der Waals surface area (Å²) in [5.74, 6) is -0.387. The number of aliphatic hydroxyl groups is 11. The van der Waals surface area contributed by atoms with Crippen molar-refractivity contribution in [1.29, 1.82) is 0 Å². The molecule has 0 aromatic carbocycles. The summed E-state index contributed by atoms with van der Waals surface area (Å²) in [4.78, 5) is 12.9. The monoisotopic (exact) mass is 903 g/mol. The first kappa shape index (κ1) is 54.8. The van der Waals surface area contributed by atoms with E-state index in [0.717, 1.165) is 38.5 Å². The summed E-state index contributed by atoms with van der Waals surface area (Å²) in [6.45, 7) is 1.33. The lowest BCUT2D eigenvalue weighted by molar-refractivity contribution is -0.379. The summed E-state index contributed by atoms with van der Waals surface area (Å²) in [5.41, 5.74) is 0. The quantitative estimate of drug-likeness (QED) is 0.0348. The molecule has 0 bridgehead atoms. The number of unbranched alkanes of at least 4 members (excludes halogenated alkanes) is 2. The molecule has 63 heavy (non-hydrogen) atoms. The Morgan fingerprint density at radius 1 is 0.571 bits per heavy atom. The summed E-state index contributed by atoms with van der Waals surface area (Å²) in [6.07, 6.45) is 0.701. The maximum absolute atomic E-state index is 12.9. The SMILES string of the molecule is CC/C=C\C/C=C\C/C=C\C/C=C\C/C=C\CC(=O)NC(COC1OC(CO)C(OC2OC(CO)C(OC3OC(CO)C(O)C(O)C3O)C(O)C2O)C(O)C1O)C(O)CCCCC. The van der Waals surface area contributed by atoms with Gasteiger partial charge in [0.2, 0.25) is 5.91 Å². The summed E-state index contributed by atoms with van der Waals surface area (Å²) in [6, 6.07) is -0.938. The molecule has 0 saturated carbocycles. The molecule has 19 heteroatoms. The van der Waals surface area contributed by atoms with E-state index in [1.165, 1.54) is 0 Å². The number of aliphatic hydroxyl groups excluding tert-OH is 11. The molecule has 3 aliphatic rings. The second kappa shape index (κ2) is 29.9. The molecular formula is C44H73NO18. The molecule has 362 valence electrons. The third-order valence-electron chi connectivity index (χ3n) is 10.9. The normalized spacial score (nSPS) is 35.4. The molecule has 17 unspecified atom stereocenters. The molecule has 17 atom stereocenters. The van der Waals surface area contributed by atoms with Gasteiger partial charge in [-0.3, -0.25) is 4.79 Å². The lowest BCUT2D eigenvalue weighted by atomic mass is 9.96. The van der Waals surface area contributed by atoms with E-state index in [-0.39, 0.29) is 18.9 Å². The second-order valence-corrected chi connectivity index (χ2v) is 15.8. The van der Waals surface area contributed by atoms with Crippen molar-refractivity contribution in [2.24, 2.45) is 0 Å². The Morgan fingerprint density at radius 2 is 1.02 bits per heavy atom. The van der Waals surface area contributed by atoms with Crippen molar-refractivity contribution in [3.63, 3.8) is 0 Å². The highest BCUT2D eigenvalue weighted by Gasteiger charge is 2.53. The van der Waals surface area contributed by atoms with Crippen molar-refractivity contribution in [3.8, 4) is 0 Å². The molecule has 1 amide bonds. The van der Waals surface area contributed by atoms with Crippen molar-refractivity contribution < 1.29 is 89.4 Å². The minimum atomic E-state index is -1.98. The number of amides is 1. The molecule has 3 fully saturated rings. The fourth-order valence-electron chi connectivity index (χ4n) is 7.14.